The minimum Gasteiger partial charge on any atom is -0.350 e. The average Bonchev–Trinajstić information content (AvgIpc) is 2.15. The van der Waals surface area contributed by atoms with Crippen LogP contribution in [0.25, 0.3) is 0 Å². The van der Waals surface area contributed by atoms with Gasteiger partial charge in [-0.25, -0.2) is 0 Å². The molecule has 1 aliphatic heterocycles. The summed E-state index contributed by atoms with van der Waals surface area (Å²) in [5, 5.41) is -0.415. The van der Waals surface area contributed by atoms with E-state index in [1.54, 1.807) is 0 Å². The van der Waals surface area contributed by atoms with E-state index in [4.69, 9.17) is 21.1 Å². The first kappa shape index (κ1) is 6.99. The second-order valence-corrected chi connectivity index (χ2v) is 2.15. The minimum atomic E-state index is -0.415. The predicted octanol–water partition coefficient (Wildman–Crippen LogP) is 0.515. The Morgan fingerprint density at radius 2 is 2.11 bits per heavy atom. The van der Waals surface area contributed by atoms with Gasteiger partial charge in [-0.1, -0.05) is 0 Å². The molecule has 1 rings (SSSR count). The van der Waals surface area contributed by atoms with Crippen molar-refractivity contribution in [3.8, 4) is 0 Å². The second-order valence-electron chi connectivity index (χ2n) is 1.73. The van der Waals surface area contributed by atoms with E-state index in [1.165, 1.54) is 0 Å². The van der Waals surface area contributed by atoms with Crippen LogP contribution in [0.15, 0.2) is 0 Å². The van der Waals surface area contributed by atoms with E-state index in [0.717, 1.165) is 0 Å². The van der Waals surface area contributed by atoms with Gasteiger partial charge in [-0.05, 0) is 11.6 Å². The summed E-state index contributed by atoms with van der Waals surface area (Å²) >= 11 is 5.06. The van der Waals surface area contributed by atoms with E-state index in [-0.39, 0.29) is 6.42 Å². The van der Waals surface area contributed by atoms with Crippen LogP contribution in [-0.2, 0) is 14.3 Å². The lowest BCUT2D eigenvalue weighted by Crippen LogP contribution is -2.10. The van der Waals surface area contributed by atoms with Gasteiger partial charge < -0.3 is 9.47 Å². The second kappa shape index (κ2) is 3.15. The number of halogens is 1. The summed E-state index contributed by atoms with van der Waals surface area (Å²) in [7, 11) is 0. The van der Waals surface area contributed by atoms with Gasteiger partial charge >= 0.3 is 0 Å². The largest absolute Gasteiger partial charge is 0.350 e. The van der Waals surface area contributed by atoms with Gasteiger partial charge in [0.05, 0.1) is 19.6 Å². The zero-order chi connectivity index (χ0) is 6.69. The molecule has 4 heteroatoms. The fourth-order valence-electron chi connectivity index (χ4n) is 0.656. The van der Waals surface area contributed by atoms with Crippen LogP contribution in [0.2, 0.25) is 0 Å². The summed E-state index contributed by atoms with van der Waals surface area (Å²) < 4.78 is 9.87. The topological polar surface area (TPSA) is 35.5 Å². The lowest BCUT2D eigenvalue weighted by molar-refractivity contribution is -0.119. The molecule has 0 aromatic heterocycles. The van der Waals surface area contributed by atoms with Crippen molar-refractivity contribution in [3.05, 3.63) is 0 Å². The summed E-state index contributed by atoms with van der Waals surface area (Å²) in [5.41, 5.74) is 0. The molecular weight excluding hydrogens is 144 g/mol. The summed E-state index contributed by atoms with van der Waals surface area (Å²) in [6.45, 7) is 1.13. The van der Waals surface area contributed by atoms with Crippen molar-refractivity contribution < 1.29 is 14.3 Å². The van der Waals surface area contributed by atoms with Gasteiger partial charge in [-0.2, -0.15) is 0 Å². The molecule has 52 valence electrons. The van der Waals surface area contributed by atoms with E-state index in [0.29, 0.717) is 13.2 Å². The van der Waals surface area contributed by atoms with Crippen LogP contribution in [0.3, 0.4) is 0 Å². The normalized spacial score (nSPS) is 20.6. The highest BCUT2D eigenvalue weighted by Crippen LogP contribution is 2.08. The van der Waals surface area contributed by atoms with E-state index in [9.17, 15) is 4.79 Å². The molecule has 9 heavy (non-hydrogen) atoms. The van der Waals surface area contributed by atoms with Crippen molar-refractivity contribution in [1.29, 1.82) is 0 Å². The number of hydrogen-bond acceptors (Lipinski definition) is 3. The van der Waals surface area contributed by atoms with Crippen LogP contribution >= 0.6 is 11.6 Å². The van der Waals surface area contributed by atoms with Crippen LogP contribution in [0, 0.1) is 0 Å². The number of rotatable bonds is 2. The maximum atomic E-state index is 10.2. The third-order valence-corrected chi connectivity index (χ3v) is 1.17. The molecule has 0 aromatic rings. The molecule has 0 bridgehead atoms. The molecule has 1 fully saturated rings. The van der Waals surface area contributed by atoms with Gasteiger partial charge in [0.2, 0.25) is 5.24 Å². The van der Waals surface area contributed by atoms with Gasteiger partial charge in [-0.15, -0.1) is 0 Å². The SMILES string of the molecule is O=C(Cl)CC1OCCO1. The highest BCUT2D eigenvalue weighted by molar-refractivity contribution is 6.63. The number of carbonyl (C=O) groups excluding carboxylic acids is 1. The van der Waals surface area contributed by atoms with Crippen LogP contribution < -0.4 is 0 Å². The van der Waals surface area contributed by atoms with E-state index < -0.39 is 11.5 Å². The maximum absolute atomic E-state index is 10.2. The predicted molar refractivity (Wildman–Crippen MR) is 31.2 cm³/mol. The number of carbonyl (C=O) groups is 1. The maximum Gasteiger partial charge on any atom is 0.226 e. The standard InChI is InChI=1S/C5H7ClO3/c6-4(7)3-5-8-1-2-9-5/h5H,1-3H2. The van der Waals surface area contributed by atoms with Crippen LogP contribution in [0.5, 0.6) is 0 Å². The fraction of sp³-hybridized carbons (Fsp3) is 0.800. The smallest absolute Gasteiger partial charge is 0.226 e. The van der Waals surface area contributed by atoms with E-state index in [1.807, 2.05) is 0 Å². The van der Waals surface area contributed by atoms with Gasteiger partial charge in [0.15, 0.2) is 6.29 Å². The quantitative estimate of drug-likeness (QED) is 0.539. The molecule has 1 aliphatic rings. The molecule has 1 heterocycles. The third-order valence-electron chi connectivity index (χ3n) is 1.02. The van der Waals surface area contributed by atoms with Crippen molar-refractivity contribution in [3.63, 3.8) is 0 Å². The molecule has 0 radical (unpaired) electrons. The molecular formula is C5H7ClO3. The number of hydrogen-bond donors (Lipinski definition) is 0. The minimum absolute atomic E-state index is 0.154. The Hall–Kier alpha value is -0.120. The van der Waals surface area contributed by atoms with Gasteiger partial charge in [-0.3, -0.25) is 4.79 Å². The lowest BCUT2D eigenvalue weighted by atomic mass is 10.5. The summed E-state index contributed by atoms with van der Waals surface area (Å²) in [4.78, 5) is 10.2. The highest BCUT2D eigenvalue weighted by atomic mass is 35.5. The molecule has 0 amide bonds. The first-order valence-electron chi connectivity index (χ1n) is 2.70. The average molecular weight is 151 g/mol. The molecule has 0 aliphatic carbocycles. The molecule has 1 saturated heterocycles. The fourth-order valence-corrected chi connectivity index (χ4v) is 0.782. The van der Waals surface area contributed by atoms with Crippen molar-refractivity contribution in [1.82, 2.24) is 0 Å². The van der Waals surface area contributed by atoms with E-state index >= 15 is 0 Å². The molecule has 0 unspecified atom stereocenters. The Balaban J connectivity index is 2.19. The van der Waals surface area contributed by atoms with Crippen molar-refractivity contribution in [2.75, 3.05) is 13.2 Å². The monoisotopic (exact) mass is 150 g/mol. The first-order chi connectivity index (χ1) is 4.29. The lowest BCUT2D eigenvalue weighted by Gasteiger charge is -2.02. The van der Waals surface area contributed by atoms with Gasteiger partial charge in [0.25, 0.3) is 0 Å². The van der Waals surface area contributed by atoms with Crippen molar-refractivity contribution in [2.45, 2.75) is 12.7 Å². The van der Waals surface area contributed by atoms with Gasteiger partial charge in [0.1, 0.15) is 0 Å². The summed E-state index contributed by atoms with van der Waals surface area (Å²) in [6, 6.07) is 0. The molecule has 0 N–H and O–H groups in total. The highest BCUT2D eigenvalue weighted by Gasteiger charge is 2.17. The zero-order valence-corrected chi connectivity index (χ0v) is 5.56. The third kappa shape index (κ3) is 2.30. The van der Waals surface area contributed by atoms with Crippen LogP contribution in [0.4, 0.5) is 0 Å². The molecule has 0 spiro atoms. The Bertz CT molecular complexity index is 109. The van der Waals surface area contributed by atoms with Gasteiger partial charge in [0, 0.05) is 0 Å². The Labute approximate surface area is 57.9 Å². The summed E-state index contributed by atoms with van der Waals surface area (Å²) in [5.74, 6) is 0. The first-order valence-corrected chi connectivity index (χ1v) is 3.08. The van der Waals surface area contributed by atoms with Crippen molar-refractivity contribution >= 4 is 16.8 Å². The Kier molecular flexibility index (Phi) is 2.45. The Morgan fingerprint density at radius 1 is 1.56 bits per heavy atom. The van der Waals surface area contributed by atoms with E-state index in [2.05, 4.69) is 0 Å². The zero-order valence-electron chi connectivity index (χ0n) is 4.80. The molecule has 0 atom stereocenters. The molecule has 0 aromatic carbocycles. The van der Waals surface area contributed by atoms with Crippen LogP contribution in [-0.4, -0.2) is 24.7 Å². The number of ether oxygens (including phenoxy) is 2. The summed E-state index contributed by atoms with van der Waals surface area (Å²) in [6.07, 6.45) is -0.239. The Morgan fingerprint density at radius 3 is 2.56 bits per heavy atom. The van der Waals surface area contributed by atoms with Crippen LogP contribution in [0.1, 0.15) is 6.42 Å². The molecule has 0 saturated carbocycles. The van der Waals surface area contributed by atoms with Crippen molar-refractivity contribution in [2.24, 2.45) is 0 Å². The molecule has 3 nitrogen and oxygen atoms in total.